The van der Waals surface area contributed by atoms with E-state index >= 15 is 0 Å². The number of fused-ring (bicyclic) bond motifs is 7. The monoisotopic (exact) mass is 1040 g/mol. The molecule has 0 fully saturated rings. The molecule has 13 rings (SSSR count). The number of ether oxygens (including phenoxy) is 1. The molecule has 0 spiro atoms. The molecule has 320 valence electrons. The van der Waals surface area contributed by atoms with Gasteiger partial charge in [0, 0.05) is 11.6 Å². The summed E-state index contributed by atoms with van der Waals surface area (Å²) in [5, 5.41) is 3.28. The Bertz CT molecular complexity index is 3980. The van der Waals surface area contributed by atoms with E-state index in [1.165, 1.54) is 0 Å². The van der Waals surface area contributed by atoms with Gasteiger partial charge in [0.2, 0.25) is 0 Å². The Morgan fingerprint density at radius 3 is 1.75 bits per heavy atom. The van der Waals surface area contributed by atoms with Gasteiger partial charge in [-0.1, -0.05) is 30.3 Å². The predicted molar refractivity (Wildman–Crippen MR) is 265 cm³/mol. The number of nitrogens with zero attached hydrogens (tertiary/aromatic N) is 6. The number of para-hydroxylation sites is 5. The van der Waals surface area contributed by atoms with Crippen LogP contribution >= 0.6 is 0 Å². The fraction of sp³-hybridized carbons (Fsp3) is 0. The second kappa shape index (κ2) is 15.9. The molecule has 0 N–H and O–H groups in total. The molecule has 0 radical (unpaired) electrons. The third-order valence-corrected chi connectivity index (χ3v) is 13.6. The zero-order valence-electron chi connectivity index (χ0n) is 35.7. The van der Waals surface area contributed by atoms with Gasteiger partial charge in [-0.3, -0.25) is 4.98 Å². The van der Waals surface area contributed by atoms with Crippen molar-refractivity contribution in [3.63, 3.8) is 0 Å². The molecule has 0 unspecified atom stereocenters. The Morgan fingerprint density at radius 1 is 0.418 bits per heavy atom. The summed E-state index contributed by atoms with van der Waals surface area (Å²) < 4.78 is 16.7. The van der Waals surface area contributed by atoms with Crippen molar-refractivity contribution in [3.05, 3.63) is 235 Å². The maximum atomic E-state index is 6.71. The molecule has 8 heteroatoms. The summed E-state index contributed by atoms with van der Waals surface area (Å²) in [5.74, 6) is 1.93. The van der Waals surface area contributed by atoms with Crippen molar-refractivity contribution in [3.8, 4) is 56.6 Å². The van der Waals surface area contributed by atoms with Gasteiger partial charge in [0.05, 0.1) is 28.4 Å². The van der Waals surface area contributed by atoms with Crippen molar-refractivity contribution >= 4 is 54.8 Å². The molecule has 8 aromatic carbocycles. The van der Waals surface area contributed by atoms with Gasteiger partial charge in [0.25, 0.3) is 0 Å². The molecule has 0 saturated heterocycles. The molecule has 0 aliphatic rings. The van der Waals surface area contributed by atoms with Crippen LogP contribution in [0.3, 0.4) is 0 Å². The standard InChI is InChI=1S/C59H36N6O.Pt/c1-3-16-40(17-4-1)46-24-14-25-47(41-18-5-2-6-19-41)59(46)63-39-62(53-28-11-12-29-54(53)63)42-20-13-21-44(36-42)66-45-32-33-49-48-22-7-9-26-51(48)65(56(49)37-45)57-34-31-43(38-61-57)64-52-27-10-8-23-50(52)58-55(64)30-15-35-60-58;/h1-35,38H;/q-2;. The van der Waals surface area contributed by atoms with Crippen LogP contribution in [0.4, 0.5) is 0 Å². The third kappa shape index (κ3) is 6.42. The number of hydrogen-bond donors (Lipinski definition) is 0. The van der Waals surface area contributed by atoms with Crippen LogP contribution in [-0.2, 0) is 19.4 Å². The van der Waals surface area contributed by atoms with E-state index in [9.17, 15) is 0 Å². The average Bonchev–Trinajstić information content (AvgIpc) is 4.01. The van der Waals surface area contributed by atoms with Crippen molar-refractivity contribution in [1.82, 2.24) is 28.2 Å². The average molecular weight is 1040 g/mol. The summed E-state index contributed by atoms with van der Waals surface area (Å²) in [4.78, 5) is 9.83. The normalized spacial score (nSPS) is 11.7. The van der Waals surface area contributed by atoms with Gasteiger partial charge in [0.15, 0.2) is 0 Å². The van der Waals surface area contributed by atoms with Gasteiger partial charge in [-0.05, 0) is 24.3 Å². The summed E-state index contributed by atoms with van der Waals surface area (Å²) >= 11 is 2.47. The van der Waals surface area contributed by atoms with E-state index in [0.717, 1.165) is 104 Å². The van der Waals surface area contributed by atoms with E-state index in [-0.39, 0.29) is 0 Å². The van der Waals surface area contributed by atoms with Crippen LogP contribution in [0.1, 0.15) is 0 Å². The quantitative estimate of drug-likeness (QED) is 0.143. The first-order chi connectivity index (χ1) is 33.2. The van der Waals surface area contributed by atoms with Gasteiger partial charge in [0.1, 0.15) is 0 Å². The van der Waals surface area contributed by atoms with Crippen LogP contribution in [0.5, 0.6) is 11.5 Å². The zero-order chi connectivity index (χ0) is 44.4. The van der Waals surface area contributed by atoms with Gasteiger partial charge in [-0.25, -0.2) is 0 Å². The number of imidazole rings is 1. The fourth-order valence-electron chi connectivity index (χ4n) is 9.66. The molecular weight excluding hydrogens is 1000 g/mol. The molecular formula is C59H36N6OPt-2. The van der Waals surface area contributed by atoms with Crippen LogP contribution in [0, 0.1) is 15.9 Å². The van der Waals surface area contributed by atoms with Crippen LogP contribution in [0.15, 0.2) is 219 Å². The number of aromatic nitrogens is 6. The number of benzene rings is 8. The molecule has 0 saturated carbocycles. The van der Waals surface area contributed by atoms with Gasteiger partial charge in [-0.15, -0.1) is 0 Å². The Hall–Kier alpha value is -8.38. The summed E-state index contributed by atoms with van der Waals surface area (Å²) in [6, 6.07) is 78.9. The van der Waals surface area contributed by atoms with Gasteiger partial charge in [-0.2, -0.15) is 0 Å². The number of hydrogen-bond acceptors (Lipinski definition) is 3. The topological polar surface area (TPSA) is 54.7 Å². The molecule has 0 amide bonds. The second-order valence-corrected chi connectivity index (χ2v) is 17.4. The van der Waals surface area contributed by atoms with Gasteiger partial charge >= 0.3 is 294 Å². The van der Waals surface area contributed by atoms with Crippen molar-refractivity contribution in [2.75, 3.05) is 0 Å². The molecule has 0 atom stereocenters. The van der Waals surface area contributed by atoms with E-state index < -0.39 is 0 Å². The number of pyridine rings is 2. The van der Waals surface area contributed by atoms with Crippen molar-refractivity contribution in [2.24, 2.45) is 0 Å². The molecule has 0 aliphatic carbocycles. The van der Waals surface area contributed by atoms with Crippen LogP contribution in [-0.4, -0.2) is 28.2 Å². The SMILES string of the molecule is [Pt]=[c]1n(-c2[c-]c(Oc3[c-]c4c(cc3)c3ccccc3n4-c3ccc(-n4c5ccccc5c5ncccc54)cn3)ccc2)c2ccccc2n1-c1c(-c2ccccc2)cccc1-c1ccccc1. The first kappa shape index (κ1) is 39.0. The maximum absolute atomic E-state index is 6.71. The Balaban J connectivity index is 0.906. The van der Waals surface area contributed by atoms with Gasteiger partial charge < -0.3 is 4.57 Å². The second-order valence-electron chi connectivity index (χ2n) is 16.4. The predicted octanol–water partition coefficient (Wildman–Crippen LogP) is 14.2. The first-order valence-corrected chi connectivity index (χ1v) is 23.2. The first-order valence-electron chi connectivity index (χ1n) is 22.1. The molecule has 13 aromatic rings. The summed E-state index contributed by atoms with van der Waals surface area (Å²) in [5.41, 5.74) is 14.6. The van der Waals surface area contributed by atoms with Crippen LogP contribution < -0.4 is 4.74 Å². The zero-order valence-corrected chi connectivity index (χ0v) is 38.0. The van der Waals surface area contributed by atoms with Crippen LogP contribution in [0.25, 0.3) is 99.9 Å². The molecule has 67 heavy (non-hydrogen) atoms. The Morgan fingerprint density at radius 2 is 1.03 bits per heavy atom. The minimum absolute atomic E-state index is 0.575. The molecule has 5 heterocycles. The summed E-state index contributed by atoms with van der Waals surface area (Å²) in [6.45, 7) is 0. The molecule has 7 nitrogen and oxygen atoms in total. The van der Waals surface area contributed by atoms with E-state index in [0.29, 0.717) is 11.5 Å². The minimum atomic E-state index is 0.575. The van der Waals surface area contributed by atoms with E-state index in [1.807, 2.05) is 36.7 Å². The Labute approximate surface area is 396 Å². The molecule has 0 aliphatic heterocycles. The Kier molecular flexibility index (Phi) is 9.29. The third-order valence-electron chi connectivity index (χ3n) is 12.6. The van der Waals surface area contributed by atoms with E-state index in [1.54, 1.807) is 0 Å². The summed E-state index contributed by atoms with van der Waals surface area (Å²) in [7, 11) is 0. The van der Waals surface area contributed by atoms with Crippen molar-refractivity contribution < 1.29 is 24.1 Å². The summed E-state index contributed by atoms with van der Waals surface area (Å²) in [6.07, 6.45) is 3.79. The van der Waals surface area contributed by atoms with Crippen LogP contribution in [0.2, 0.25) is 0 Å². The molecule has 5 aromatic heterocycles. The van der Waals surface area contributed by atoms with Crippen molar-refractivity contribution in [1.29, 1.82) is 0 Å². The van der Waals surface area contributed by atoms with E-state index in [2.05, 4.69) is 232 Å². The fourth-order valence-corrected chi connectivity index (χ4v) is 10.7. The molecule has 0 bridgehead atoms. The number of rotatable bonds is 8. The van der Waals surface area contributed by atoms with E-state index in [4.69, 9.17) is 14.7 Å². The van der Waals surface area contributed by atoms with Crippen molar-refractivity contribution in [2.45, 2.75) is 0 Å².